The van der Waals surface area contributed by atoms with Gasteiger partial charge >= 0.3 is 0 Å². The average molecular weight is 295 g/mol. The van der Waals surface area contributed by atoms with Crippen molar-refractivity contribution in [3.8, 4) is 11.5 Å². The third-order valence-electron chi connectivity index (χ3n) is 3.33. The zero-order valence-corrected chi connectivity index (χ0v) is 12.4. The molecule has 0 spiro atoms. The minimum Gasteiger partial charge on any atom is -0.454 e. The molecule has 0 aliphatic carbocycles. The number of amides is 1. The van der Waals surface area contributed by atoms with Crippen LogP contribution in [0.4, 0.5) is 0 Å². The number of carbonyl (C=O) groups excluding carboxylic acids is 1. The summed E-state index contributed by atoms with van der Waals surface area (Å²) in [6.45, 7) is 0.742. The predicted octanol–water partition coefficient (Wildman–Crippen LogP) is 0.814. The van der Waals surface area contributed by atoms with Gasteiger partial charge in [-0.05, 0) is 24.1 Å². The predicted molar refractivity (Wildman–Crippen MR) is 76.4 cm³/mol. The molecule has 0 aromatic heterocycles. The molecule has 1 aliphatic rings. The molecule has 1 amide bonds. The third-order valence-corrected chi connectivity index (χ3v) is 3.33. The summed E-state index contributed by atoms with van der Waals surface area (Å²) in [4.78, 5) is 13.5. The van der Waals surface area contributed by atoms with E-state index < -0.39 is 6.10 Å². The normalized spacial score (nSPS) is 14.0. The van der Waals surface area contributed by atoms with Crippen LogP contribution in [0.2, 0.25) is 0 Å². The summed E-state index contributed by atoms with van der Waals surface area (Å²) in [5.41, 5.74) is 1.03. The Balaban J connectivity index is 1.80. The van der Waals surface area contributed by atoms with E-state index in [1.165, 1.54) is 12.0 Å². The number of fused-ring (bicyclic) bond motifs is 1. The number of carbonyl (C=O) groups is 1. The lowest BCUT2D eigenvalue weighted by Crippen LogP contribution is -2.36. The van der Waals surface area contributed by atoms with E-state index in [0.717, 1.165) is 17.1 Å². The van der Waals surface area contributed by atoms with E-state index in [4.69, 9.17) is 14.2 Å². The lowest BCUT2D eigenvalue weighted by atomic mass is 10.1. The molecule has 1 aromatic rings. The van der Waals surface area contributed by atoms with Crippen molar-refractivity contribution in [2.45, 2.75) is 18.9 Å². The molecular formula is C15H21NO5. The molecule has 6 heteroatoms. The van der Waals surface area contributed by atoms with E-state index in [2.05, 4.69) is 0 Å². The largest absolute Gasteiger partial charge is 0.454 e. The zero-order chi connectivity index (χ0) is 15.2. The summed E-state index contributed by atoms with van der Waals surface area (Å²) in [6.07, 6.45) is 0.352. The van der Waals surface area contributed by atoms with Gasteiger partial charge < -0.3 is 24.2 Å². The van der Waals surface area contributed by atoms with Crippen molar-refractivity contribution < 1.29 is 24.1 Å². The van der Waals surface area contributed by atoms with Gasteiger partial charge in [0, 0.05) is 27.1 Å². The van der Waals surface area contributed by atoms with Gasteiger partial charge in [0.05, 0.1) is 12.7 Å². The quantitative estimate of drug-likeness (QED) is 0.806. The van der Waals surface area contributed by atoms with Crippen LogP contribution in [0.1, 0.15) is 12.0 Å². The van der Waals surface area contributed by atoms with Crippen molar-refractivity contribution in [1.29, 1.82) is 0 Å². The number of methoxy groups -OCH3 is 1. The average Bonchev–Trinajstić information content (AvgIpc) is 2.92. The Labute approximate surface area is 124 Å². The Morgan fingerprint density at radius 2 is 2.19 bits per heavy atom. The molecule has 1 aromatic carbocycles. The van der Waals surface area contributed by atoms with E-state index in [1.54, 1.807) is 7.05 Å². The van der Waals surface area contributed by atoms with Crippen LogP contribution in [0.3, 0.4) is 0 Å². The van der Waals surface area contributed by atoms with E-state index >= 15 is 0 Å². The van der Waals surface area contributed by atoms with Crippen LogP contribution in [0.25, 0.3) is 0 Å². The Bertz CT molecular complexity index is 491. The molecule has 6 nitrogen and oxygen atoms in total. The fourth-order valence-electron chi connectivity index (χ4n) is 2.20. The van der Waals surface area contributed by atoms with Gasteiger partial charge in [-0.15, -0.1) is 0 Å². The van der Waals surface area contributed by atoms with Gasteiger partial charge in [0.25, 0.3) is 0 Å². The van der Waals surface area contributed by atoms with E-state index in [-0.39, 0.29) is 25.9 Å². The highest BCUT2D eigenvalue weighted by atomic mass is 16.7. The maximum Gasteiger partial charge on any atom is 0.231 e. The molecule has 1 aliphatic heterocycles. The number of nitrogens with zero attached hydrogens (tertiary/aromatic N) is 1. The van der Waals surface area contributed by atoms with Gasteiger partial charge in [-0.25, -0.2) is 0 Å². The van der Waals surface area contributed by atoms with Gasteiger partial charge in [-0.1, -0.05) is 6.07 Å². The maximum absolute atomic E-state index is 12.0. The van der Waals surface area contributed by atoms with Crippen LogP contribution in [-0.4, -0.2) is 56.1 Å². The molecule has 0 radical (unpaired) electrons. The van der Waals surface area contributed by atoms with Gasteiger partial charge in [0.15, 0.2) is 11.5 Å². The lowest BCUT2D eigenvalue weighted by Gasteiger charge is -2.20. The molecule has 2 rings (SSSR count). The Morgan fingerprint density at radius 3 is 2.95 bits per heavy atom. The Hall–Kier alpha value is -1.79. The molecule has 0 saturated carbocycles. The lowest BCUT2D eigenvalue weighted by molar-refractivity contribution is -0.131. The van der Waals surface area contributed by atoms with Crippen LogP contribution < -0.4 is 9.47 Å². The number of hydrogen-bond donors (Lipinski definition) is 1. The molecule has 1 unspecified atom stereocenters. The number of likely N-dealkylation sites (N-methyl/N-ethyl adjacent to an activating group) is 1. The van der Waals surface area contributed by atoms with Crippen molar-refractivity contribution in [2.75, 3.05) is 34.1 Å². The second-order valence-corrected chi connectivity index (χ2v) is 5.07. The molecule has 1 N–H and O–H groups in total. The first-order chi connectivity index (χ1) is 10.1. The SMILES string of the molecule is COCC(O)CN(C)C(=O)CCc1ccc2c(c1)OCO2. The Morgan fingerprint density at radius 1 is 1.43 bits per heavy atom. The van der Waals surface area contributed by atoms with Gasteiger partial charge in [-0.2, -0.15) is 0 Å². The standard InChI is InChI=1S/C15H21NO5/c1-16(8-12(17)9-19-2)15(18)6-4-11-3-5-13-14(7-11)21-10-20-13/h3,5,7,12,17H,4,6,8-10H2,1-2H3. The second kappa shape index (κ2) is 7.28. The summed E-state index contributed by atoms with van der Waals surface area (Å²) >= 11 is 0. The van der Waals surface area contributed by atoms with Crippen molar-refractivity contribution in [3.63, 3.8) is 0 Å². The number of aliphatic hydroxyl groups is 1. The highest BCUT2D eigenvalue weighted by Gasteiger charge is 2.16. The third kappa shape index (κ3) is 4.34. The van der Waals surface area contributed by atoms with Crippen LogP contribution in [0.15, 0.2) is 18.2 Å². The molecule has 1 atom stereocenters. The minimum atomic E-state index is -0.658. The molecule has 0 saturated heterocycles. The highest BCUT2D eigenvalue weighted by molar-refractivity contribution is 5.76. The van der Waals surface area contributed by atoms with Crippen LogP contribution >= 0.6 is 0 Å². The summed E-state index contributed by atoms with van der Waals surface area (Å²) < 4.78 is 15.4. The van der Waals surface area contributed by atoms with Crippen molar-refractivity contribution in [1.82, 2.24) is 4.90 Å². The number of rotatable bonds is 7. The van der Waals surface area contributed by atoms with Crippen LogP contribution in [0, 0.1) is 0 Å². The molecule has 21 heavy (non-hydrogen) atoms. The zero-order valence-electron chi connectivity index (χ0n) is 12.4. The number of ether oxygens (including phenoxy) is 3. The first kappa shape index (κ1) is 15.6. The Kier molecular flexibility index (Phi) is 5.41. The summed E-state index contributed by atoms with van der Waals surface area (Å²) in [7, 11) is 3.20. The molecule has 0 bridgehead atoms. The monoisotopic (exact) mass is 295 g/mol. The number of aryl methyl sites for hydroxylation is 1. The first-order valence-corrected chi connectivity index (χ1v) is 6.89. The van der Waals surface area contributed by atoms with E-state index in [9.17, 15) is 9.90 Å². The fraction of sp³-hybridized carbons (Fsp3) is 0.533. The number of benzene rings is 1. The van der Waals surface area contributed by atoms with E-state index in [0.29, 0.717) is 12.8 Å². The number of aliphatic hydroxyl groups excluding tert-OH is 1. The number of hydrogen-bond acceptors (Lipinski definition) is 5. The summed E-state index contributed by atoms with van der Waals surface area (Å²) in [6, 6.07) is 5.68. The highest BCUT2D eigenvalue weighted by Crippen LogP contribution is 2.32. The first-order valence-electron chi connectivity index (χ1n) is 6.89. The molecule has 1 heterocycles. The van der Waals surface area contributed by atoms with Gasteiger partial charge in [0.1, 0.15) is 0 Å². The molecular weight excluding hydrogens is 274 g/mol. The van der Waals surface area contributed by atoms with Crippen molar-refractivity contribution >= 4 is 5.91 Å². The molecule has 116 valence electrons. The molecule has 0 fully saturated rings. The van der Waals surface area contributed by atoms with Crippen molar-refractivity contribution in [2.24, 2.45) is 0 Å². The van der Waals surface area contributed by atoms with Crippen LogP contribution in [0.5, 0.6) is 11.5 Å². The fourth-order valence-corrected chi connectivity index (χ4v) is 2.20. The smallest absolute Gasteiger partial charge is 0.231 e. The summed E-state index contributed by atoms with van der Waals surface area (Å²) in [5, 5.41) is 9.61. The maximum atomic E-state index is 12.0. The van der Waals surface area contributed by atoms with Gasteiger partial charge in [0.2, 0.25) is 12.7 Å². The second-order valence-electron chi connectivity index (χ2n) is 5.07. The minimum absolute atomic E-state index is 0.0113. The topological polar surface area (TPSA) is 68.2 Å². The van der Waals surface area contributed by atoms with E-state index in [1.807, 2.05) is 18.2 Å². The van der Waals surface area contributed by atoms with Gasteiger partial charge in [-0.3, -0.25) is 4.79 Å². The summed E-state index contributed by atoms with van der Waals surface area (Å²) in [5.74, 6) is 1.46. The van der Waals surface area contributed by atoms with Crippen molar-refractivity contribution in [3.05, 3.63) is 23.8 Å². The van der Waals surface area contributed by atoms with Crippen LogP contribution in [-0.2, 0) is 16.0 Å².